The van der Waals surface area contributed by atoms with Crippen molar-refractivity contribution in [2.45, 2.75) is 112 Å². The van der Waals surface area contributed by atoms with Crippen molar-refractivity contribution >= 4 is 6.09 Å². The molecule has 0 aromatic carbocycles. The fraction of sp³-hybridized carbons (Fsp3) is 0.848. The molecule has 6 aliphatic rings. The molecule has 0 bridgehead atoms. The first kappa shape index (κ1) is 27.6. The van der Waals surface area contributed by atoms with Crippen molar-refractivity contribution < 1.29 is 19.6 Å². The number of hydrogen-bond donors (Lipinski definition) is 2. The molecule has 1 aliphatic heterocycles. The van der Waals surface area contributed by atoms with E-state index in [1.54, 1.807) is 12.4 Å². The number of amides is 1. The van der Waals surface area contributed by atoms with E-state index in [1.165, 1.54) is 31.3 Å². The van der Waals surface area contributed by atoms with Gasteiger partial charge in [-0.15, -0.1) is 5.11 Å². The Labute approximate surface area is 235 Å². The second-order valence-electron chi connectivity index (χ2n) is 16.2. The van der Waals surface area contributed by atoms with E-state index in [4.69, 9.17) is 0 Å². The Morgan fingerprint density at radius 2 is 1.69 bits per heavy atom. The van der Waals surface area contributed by atoms with Gasteiger partial charge in [0.2, 0.25) is 0 Å². The normalized spacial score (nSPS) is 53.4. The smallest absolute Gasteiger partial charge is 0.433 e. The van der Waals surface area contributed by atoms with Gasteiger partial charge in [0.1, 0.15) is 12.7 Å². The van der Waals surface area contributed by atoms with Gasteiger partial charge in [-0.05, 0) is 122 Å². The largest absolute Gasteiger partial charge is 0.547 e. The molecule has 0 aromatic heterocycles. The van der Waals surface area contributed by atoms with Crippen LogP contribution in [0.1, 0.15) is 106 Å². The lowest BCUT2D eigenvalue weighted by Gasteiger charge is -2.73. The highest BCUT2D eigenvalue weighted by molar-refractivity contribution is 5.57. The minimum atomic E-state index is -0.920. The van der Waals surface area contributed by atoms with E-state index in [9.17, 15) is 15.0 Å². The van der Waals surface area contributed by atoms with Crippen molar-refractivity contribution in [3.63, 3.8) is 0 Å². The molecule has 1 heterocycles. The summed E-state index contributed by atoms with van der Waals surface area (Å²) >= 11 is 0. The Hall–Kier alpha value is -1.53. The van der Waals surface area contributed by atoms with Gasteiger partial charge in [0.05, 0.1) is 6.10 Å². The first-order valence-electron chi connectivity index (χ1n) is 15.7. The van der Waals surface area contributed by atoms with E-state index >= 15 is 0 Å². The summed E-state index contributed by atoms with van der Waals surface area (Å²) in [6.07, 6.45) is 13.5. The molecule has 6 heteroatoms. The van der Waals surface area contributed by atoms with Gasteiger partial charge in [-0.3, -0.25) is 0 Å². The van der Waals surface area contributed by atoms with Gasteiger partial charge in [-0.25, -0.2) is 0 Å². The van der Waals surface area contributed by atoms with Crippen LogP contribution in [0.5, 0.6) is 0 Å². The Kier molecular flexibility index (Phi) is 6.02. The number of carbonyl (C=O) groups is 1. The third-order valence-corrected chi connectivity index (χ3v) is 14.7. The monoisotopic (exact) mass is 538 g/mol. The number of hydrogen-bond acceptors (Lipinski definition) is 4. The maximum absolute atomic E-state index is 12.6. The highest BCUT2D eigenvalue weighted by Crippen LogP contribution is 2.77. The van der Waals surface area contributed by atoms with E-state index < -0.39 is 10.7 Å². The van der Waals surface area contributed by atoms with Crippen LogP contribution in [0.15, 0.2) is 34.9 Å². The highest BCUT2D eigenvalue weighted by atomic mass is 16.4. The Bertz CT molecular complexity index is 1120. The van der Waals surface area contributed by atoms with E-state index in [2.05, 4.69) is 58.5 Å². The van der Waals surface area contributed by atoms with Crippen molar-refractivity contribution in [2.24, 2.45) is 67.0 Å². The molecule has 6 nitrogen and oxygen atoms in total. The molecule has 3 unspecified atom stereocenters. The molecule has 0 saturated heterocycles. The molecular weight excluding hydrogens is 486 g/mol. The van der Waals surface area contributed by atoms with Gasteiger partial charge in [0, 0.05) is 10.6 Å². The van der Waals surface area contributed by atoms with Gasteiger partial charge in [-0.1, -0.05) is 51.4 Å². The molecule has 5 aliphatic carbocycles. The maximum Gasteiger partial charge on any atom is 0.547 e. The Balaban J connectivity index is 1.40. The van der Waals surface area contributed by atoms with Crippen molar-refractivity contribution in [2.75, 3.05) is 6.54 Å². The fourth-order valence-corrected chi connectivity index (χ4v) is 12.6. The molecule has 216 valence electrons. The van der Waals surface area contributed by atoms with Crippen LogP contribution in [0.4, 0.5) is 4.79 Å². The minimum Gasteiger partial charge on any atom is -0.433 e. The van der Waals surface area contributed by atoms with Gasteiger partial charge in [0.15, 0.2) is 6.20 Å². The summed E-state index contributed by atoms with van der Waals surface area (Å²) < 4.78 is -0.403. The quantitative estimate of drug-likeness (QED) is 0.280. The van der Waals surface area contributed by atoms with Crippen molar-refractivity contribution in [1.29, 1.82) is 0 Å². The number of aliphatic hydroxyl groups excluding tert-OH is 1. The van der Waals surface area contributed by atoms with Crippen LogP contribution in [-0.4, -0.2) is 33.5 Å². The third kappa shape index (κ3) is 3.43. The Morgan fingerprint density at radius 3 is 2.33 bits per heavy atom. The molecule has 2 N–H and O–H groups in total. The van der Waals surface area contributed by atoms with Gasteiger partial charge < -0.3 is 10.2 Å². The first-order chi connectivity index (χ1) is 18.2. The summed E-state index contributed by atoms with van der Waals surface area (Å²) in [5, 5.41) is 29.6. The van der Waals surface area contributed by atoms with Crippen LogP contribution in [0.2, 0.25) is 0 Å². The molecule has 11 atom stereocenters. The Morgan fingerprint density at radius 1 is 0.949 bits per heavy atom. The summed E-state index contributed by atoms with van der Waals surface area (Å²) in [5.74, 6) is 2.69. The van der Waals surface area contributed by atoms with E-state index in [-0.39, 0.29) is 33.2 Å². The summed E-state index contributed by atoms with van der Waals surface area (Å²) in [6, 6.07) is 0. The predicted molar refractivity (Wildman–Crippen MR) is 152 cm³/mol. The average Bonchev–Trinajstić information content (AvgIpc) is 3.48. The summed E-state index contributed by atoms with van der Waals surface area (Å²) in [6.45, 7) is 19.7. The fourth-order valence-electron chi connectivity index (χ4n) is 12.6. The number of rotatable bonds is 3. The van der Waals surface area contributed by atoms with Gasteiger partial charge in [-0.2, -0.15) is 4.79 Å². The van der Waals surface area contributed by atoms with Crippen LogP contribution >= 0.6 is 0 Å². The summed E-state index contributed by atoms with van der Waals surface area (Å²) in [7, 11) is 0. The SMILES string of the molecule is C=C(C)[C@@H]1CC[C@]2(C[N+]3(C(=O)O)C=CN=N3)CC[C@]3(C)[C@H](CCC4[C@@]5(C)CCC(O)C(C)(C)[C@@H]5CC[C@]43C)[C@@H]12. The third-order valence-electron chi connectivity index (χ3n) is 14.7. The zero-order valence-corrected chi connectivity index (χ0v) is 25.2. The van der Waals surface area contributed by atoms with E-state index in [1.807, 2.05) is 0 Å². The number of nitrogens with zero attached hydrogens (tertiary/aromatic N) is 3. The lowest BCUT2D eigenvalue weighted by molar-refractivity contribution is -0.823. The summed E-state index contributed by atoms with van der Waals surface area (Å²) in [4.78, 5) is 12.6. The number of carboxylic acid groups (broad SMARTS) is 1. The molecule has 39 heavy (non-hydrogen) atoms. The molecular formula is C33H52N3O3+. The van der Waals surface area contributed by atoms with Crippen LogP contribution in [0.3, 0.4) is 0 Å². The van der Waals surface area contributed by atoms with Crippen molar-refractivity contribution in [1.82, 2.24) is 0 Å². The van der Waals surface area contributed by atoms with Crippen molar-refractivity contribution in [3.8, 4) is 0 Å². The molecule has 5 saturated carbocycles. The number of quaternary nitrogens is 1. The molecule has 1 amide bonds. The van der Waals surface area contributed by atoms with E-state index in [0.717, 1.165) is 38.5 Å². The maximum atomic E-state index is 12.6. The van der Waals surface area contributed by atoms with Gasteiger partial charge >= 0.3 is 6.09 Å². The van der Waals surface area contributed by atoms with Crippen LogP contribution in [-0.2, 0) is 0 Å². The lowest BCUT2D eigenvalue weighted by Crippen LogP contribution is -2.67. The zero-order valence-electron chi connectivity index (χ0n) is 25.2. The van der Waals surface area contributed by atoms with Crippen LogP contribution < -0.4 is 0 Å². The molecule has 5 fully saturated rings. The standard InChI is InChI=1S/C33H51N3O3/c1-21(2)22-10-15-33(20-36(28(38)39)19-18-34-35-36)17-16-31(6)23(27(22)33)8-9-25-30(5)13-12-26(37)29(3,4)24(30)11-14-32(25,31)7/h18-19,22-27,37H,1,8-17,20H2,2-7H3/p+1/t22-,23+,24-,25?,26?,27+,30-,31+,32+,33+,36?/m0/s1. The molecule has 0 spiro atoms. The minimum absolute atomic E-state index is 0.0310. The molecule has 6 rings (SSSR count). The van der Waals surface area contributed by atoms with E-state index in [0.29, 0.717) is 36.1 Å². The van der Waals surface area contributed by atoms with Gasteiger partial charge in [0.25, 0.3) is 0 Å². The highest BCUT2D eigenvalue weighted by Gasteiger charge is 2.72. The predicted octanol–water partition coefficient (Wildman–Crippen LogP) is 8.35. The van der Waals surface area contributed by atoms with Crippen LogP contribution in [0, 0.1) is 56.7 Å². The average molecular weight is 539 g/mol. The van der Waals surface area contributed by atoms with Crippen molar-refractivity contribution in [3.05, 3.63) is 24.6 Å². The number of fused-ring (bicyclic) bond motifs is 7. The summed E-state index contributed by atoms with van der Waals surface area (Å²) in [5.41, 5.74) is 1.92. The first-order valence-corrected chi connectivity index (χ1v) is 15.7. The molecule has 0 aromatic rings. The molecule has 0 radical (unpaired) electrons. The number of allylic oxidation sites excluding steroid dienone is 1. The lowest BCUT2D eigenvalue weighted by atomic mass is 9.32. The zero-order chi connectivity index (χ0) is 28.2. The second kappa shape index (κ2) is 8.50. The van der Waals surface area contributed by atoms with Crippen LogP contribution in [0.25, 0.3) is 0 Å². The number of aliphatic hydroxyl groups is 1. The second-order valence-corrected chi connectivity index (χ2v) is 16.2. The topological polar surface area (TPSA) is 82.2 Å².